The number of carbonyl (C=O) groups is 1. The summed E-state index contributed by atoms with van der Waals surface area (Å²) in [5, 5.41) is 11.9. The van der Waals surface area contributed by atoms with Crippen LogP contribution in [0.25, 0.3) is 0 Å². The molecule has 0 aromatic carbocycles. The standard InChI is InChI=1S/C13H24N2O2/c1-14-12(13(16)17)9-15-7-6-10-4-2-3-5-11(10)8-15/h10-12,14H,2-9H2,1H3,(H,16,17). The van der Waals surface area contributed by atoms with Crippen LogP contribution in [0.4, 0.5) is 0 Å². The number of hydrogen-bond donors (Lipinski definition) is 2. The largest absolute Gasteiger partial charge is 0.480 e. The molecule has 3 unspecified atom stereocenters. The van der Waals surface area contributed by atoms with Crippen LogP contribution in [0.2, 0.25) is 0 Å². The summed E-state index contributed by atoms with van der Waals surface area (Å²) < 4.78 is 0. The highest BCUT2D eigenvalue weighted by Gasteiger charge is 2.32. The molecule has 0 aromatic rings. The van der Waals surface area contributed by atoms with Gasteiger partial charge in [0.2, 0.25) is 0 Å². The number of carboxylic acid groups (broad SMARTS) is 1. The van der Waals surface area contributed by atoms with E-state index in [0.717, 1.165) is 24.9 Å². The number of piperidine rings is 1. The van der Waals surface area contributed by atoms with E-state index >= 15 is 0 Å². The zero-order chi connectivity index (χ0) is 12.3. The molecule has 3 atom stereocenters. The molecule has 98 valence electrons. The second-order valence-corrected chi connectivity index (χ2v) is 5.53. The van der Waals surface area contributed by atoms with Crippen LogP contribution in [0.15, 0.2) is 0 Å². The highest BCUT2D eigenvalue weighted by Crippen LogP contribution is 2.35. The van der Waals surface area contributed by atoms with Gasteiger partial charge in [-0.15, -0.1) is 0 Å². The first-order valence-electron chi connectivity index (χ1n) is 6.83. The van der Waals surface area contributed by atoms with Crippen LogP contribution in [-0.2, 0) is 4.79 Å². The lowest BCUT2D eigenvalue weighted by molar-refractivity contribution is -0.140. The van der Waals surface area contributed by atoms with Crippen LogP contribution in [0.5, 0.6) is 0 Å². The SMILES string of the molecule is CNC(CN1CCC2CCCCC2C1)C(=O)O. The zero-order valence-electron chi connectivity index (χ0n) is 10.7. The Hall–Kier alpha value is -0.610. The van der Waals surface area contributed by atoms with Crippen molar-refractivity contribution in [2.24, 2.45) is 11.8 Å². The number of likely N-dealkylation sites (N-methyl/N-ethyl adjacent to an activating group) is 1. The molecule has 1 aliphatic heterocycles. The molecule has 1 heterocycles. The van der Waals surface area contributed by atoms with Gasteiger partial charge in [0.05, 0.1) is 0 Å². The van der Waals surface area contributed by atoms with Gasteiger partial charge in [-0.05, 0) is 38.3 Å². The van der Waals surface area contributed by atoms with E-state index in [-0.39, 0.29) is 0 Å². The van der Waals surface area contributed by atoms with E-state index in [4.69, 9.17) is 5.11 Å². The van der Waals surface area contributed by atoms with Crippen LogP contribution in [0.3, 0.4) is 0 Å². The van der Waals surface area contributed by atoms with Crippen molar-refractivity contribution in [3.63, 3.8) is 0 Å². The average molecular weight is 240 g/mol. The summed E-state index contributed by atoms with van der Waals surface area (Å²) in [7, 11) is 1.73. The van der Waals surface area contributed by atoms with Crippen LogP contribution < -0.4 is 5.32 Å². The summed E-state index contributed by atoms with van der Waals surface area (Å²) in [6, 6.07) is -0.421. The molecular weight excluding hydrogens is 216 g/mol. The van der Waals surface area contributed by atoms with Gasteiger partial charge in [-0.25, -0.2) is 0 Å². The highest BCUT2D eigenvalue weighted by molar-refractivity contribution is 5.73. The van der Waals surface area contributed by atoms with Crippen LogP contribution in [0.1, 0.15) is 32.1 Å². The Labute approximate surface area is 103 Å². The molecular formula is C13H24N2O2. The monoisotopic (exact) mass is 240 g/mol. The fraction of sp³-hybridized carbons (Fsp3) is 0.923. The predicted octanol–water partition coefficient (Wildman–Crippen LogP) is 1.17. The fourth-order valence-electron chi connectivity index (χ4n) is 3.39. The second-order valence-electron chi connectivity index (χ2n) is 5.53. The maximum atomic E-state index is 11.0. The molecule has 0 spiro atoms. The van der Waals surface area contributed by atoms with Crippen molar-refractivity contribution < 1.29 is 9.90 Å². The smallest absolute Gasteiger partial charge is 0.322 e. The van der Waals surface area contributed by atoms with E-state index in [1.54, 1.807) is 7.05 Å². The van der Waals surface area contributed by atoms with Gasteiger partial charge in [0.1, 0.15) is 6.04 Å². The van der Waals surface area contributed by atoms with Crippen molar-refractivity contribution in [1.82, 2.24) is 10.2 Å². The van der Waals surface area contributed by atoms with Gasteiger partial charge < -0.3 is 15.3 Å². The second kappa shape index (κ2) is 5.83. The summed E-state index contributed by atoms with van der Waals surface area (Å²) in [5.41, 5.74) is 0. The minimum absolute atomic E-state index is 0.421. The fourth-order valence-corrected chi connectivity index (χ4v) is 3.39. The Kier molecular flexibility index (Phi) is 4.40. The van der Waals surface area contributed by atoms with E-state index in [9.17, 15) is 4.79 Å². The van der Waals surface area contributed by atoms with Gasteiger partial charge in [-0.2, -0.15) is 0 Å². The average Bonchev–Trinajstić information content (AvgIpc) is 2.35. The number of fused-ring (bicyclic) bond motifs is 1. The molecule has 1 saturated heterocycles. The number of nitrogens with one attached hydrogen (secondary N) is 1. The number of aliphatic carboxylic acids is 1. The van der Waals surface area contributed by atoms with E-state index < -0.39 is 12.0 Å². The normalized spacial score (nSPS) is 31.8. The number of carboxylic acids is 1. The summed E-state index contributed by atoms with van der Waals surface area (Å²) in [6.45, 7) is 2.83. The molecule has 1 saturated carbocycles. The van der Waals surface area contributed by atoms with Gasteiger partial charge in [0, 0.05) is 13.1 Å². The molecule has 0 radical (unpaired) electrons. The maximum absolute atomic E-state index is 11.0. The van der Waals surface area contributed by atoms with Crippen molar-refractivity contribution >= 4 is 5.97 Å². The molecule has 2 rings (SSSR count). The molecule has 2 N–H and O–H groups in total. The number of likely N-dealkylation sites (tertiary alicyclic amines) is 1. The molecule has 0 aromatic heterocycles. The highest BCUT2D eigenvalue weighted by atomic mass is 16.4. The van der Waals surface area contributed by atoms with Crippen LogP contribution in [-0.4, -0.2) is 48.7 Å². The third-order valence-electron chi connectivity index (χ3n) is 4.46. The van der Waals surface area contributed by atoms with E-state index in [1.807, 2.05) is 0 Å². The van der Waals surface area contributed by atoms with Gasteiger partial charge in [0.15, 0.2) is 0 Å². The first-order valence-corrected chi connectivity index (χ1v) is 6.83. The molecule has 4 nitrogen and oxygen atoms in total. The molecule has 2 fully saturated rings. The summed E-state index contributed by atoms with van der Waals surface area (Å²) in [5.74, 6) is 1.000. The first kappa shape index (κ1) is 12.8. The van der Waals surface area contributed by atoms with E-state index in [2.05, 4.69) is 10.2 Å². The topological polar surface area (TPSA) is 52.6 Å². The van der Waals surface area contributed by atoms with Crippen molar-refractivity contribution in [3.05, 3.63) is 0 Å². The molecule has 1 aliphatic carbocycles. The lowest BCUT2D eigenvalue weighted by atomic mass is 9.75. The van der Waals surface area contributed by atoms with Gasteiger partial charge in [-0.1, -0.05) is 19.3 Å². The third kappa shape index (κ3) is 3.19. The van der Waals surface area contributed by atoms with Crippen LogP contribution in [0, 0.1) is 11.8 Å². The lowest BCUT2D eigenvalue weighted by Gasteiger charge is -2.41. The minimum atomic E-state index is -0.738. The van der Waals surface area contributed by atoms with Gasteiger partial charge in [-0.3, -0.25) is 4.79 Å². The number of hydrogen-bond acceptors (Lipinski definition) is 3. The lowest BCUT2D eigenvalue weighted by Crippen LogP contribution is -2.49. The van der Waals surface area contributed by atoms with Crippen LogP contribution >= 0.6 is 0 Å². The Balaban J connectivity index is 1.84. The zero-order valence-corrected chi connectivity index (χ0v) is 10.7. The van der Waals surface area contributed by atoms with Crippen molar-refractivity contribution in [2.45, 2.75) is 38.1 Å². The minimum Gasteiger partial charge on any atom is -0.480 e. The molecule has 0 bridgehead atoms. The molecule has 17 heavy (non-hydrogen) atoms. The first-order chi connectivity index (χ1) is 8.20. The van der Waals surface area contributed by atoms with Crippen molar-refractivity contribution in [3.8, 4) is 0 Å². The quantitative estimate of drug-likeness (QED) is 0.774. The maximum Gasteiger partial charge on any atom is 0.322 e. The Bertz CT molecular complexity index is 270. The van der Waals surface area contributed by atoms with Gasteiger partial charge >= 0.3 is 5.97 Å². The summed E-state index contributed by atoms with van der Waals surface area (Å²) >= 11 is 0. The van der Waals surface area contributed by atoms with E-state index in [0.29, 0.717) is 6.54 Å². The number of nitrogens with zero attached hydrogens (tertiary/aromatic N) is 1. The van der Waals surface area contributed by atoms with Crippen molar-refractivity contribution in [2.75, 3.05) is 26.7 Å². The molecule has 4 heteroatoms. The van der Waals surface area contributed by atoms with E-state index in [1.165, 1.54) is 32.1 Å². The molecule has 2 aliphatic rings. The van der Waals surface area contributed by atoms with Gasteiger partial charge in [0.25, 0.3) is 0 Å². The Morgan fingerprint density at radius 3 is 2.71 bits per heavy atom. The summed E-state index contributed by atoms with van der Waals surface area (Å²) in [6.07, 6.45) is 6.77. The summed E-state index contributed by atoms with van der Waals surface area (Å²) in [4.78, 5) is 13.3. The number of rotatable bonds is 4. The predicted molar refractivity (Wildman–Crippen MR) is 67.0 cm³/mol. The molecule has 0 amide bonds. The van der Waals surface area contributed by atoms with Crippen molar-refractivity contribution in [1.29, 1.82) is 0 Å². The third-order valence-corrected chi connectivity index (χ3v) is 4.46. The Morgan fingerprint density at radius 2 is 2.06 bits per heavy atom. The Morgan fingerprint density at radius 1 is 1.35 bits per heavy atom.